The van der Waals surface area contributed by atoms with Gasteiger partial charge in [-0.2, -0.15) is 0 Å². The highest BCUT2D eigenvalue weighted by molar-refractivity contribution is 7.80. The summed E-state index contributed by atoms with van der Waals surface area (Å²) in [5, 5.41) is 30.0. The van der Waals surface area contributed by atoms with Gasteiger partial charge in [0.1, 0.15) is 25.1 Å². The van der Waals surface area contributed by atoms with Crippen LogP contribution in [0.3, 0.4) is 0 Å². The van der Waals surface area contributed by atoms with E-state index in [-0.39, 0.29) is 22.7 Å². The van der Waals surface area contributed by atoms with Crippen LogP contribution in [0.25, 0.3) is 0 Å². The number of thiol groups is 1. The van der Waals surface area contributed by atoms with Gasteiger partial charge >= 0.3 is 0 Å². The summed E-state index contributed by atoms with van der Waals surface area (Å²) in [4.78, 5) is 0.538. The zero-order valence-corrected chi connectivity index (χ0v) is 23.8. The average Bonchev–Trinajstić information content (AvgIpc) is 2.87. The molecule has 0 fully saturated rings. The fourth-order valence-corrected chi connectivity index (χ4v) is 5.16. The largest absolute Gasteiger partial charge is 0.509 e. The van der Waals surface area contributed by atoms with E-state index in [0.717, 1.165) is 33.4 Å². The second kappa shape index (κ2) is 9.78. The van der Waals surface area contributed by atoms with Gasteiger partial charge in [-0.15, -0.1) is 12.6 Å². The van der Waals surface area contributed by atoms with Crippen molar-refractivity contribution in [3.8, 4) is 17.2 Å². The van der Waals surface area contributed by atoms with Crippen molar-refractivity contribution in [1.29, 1.82) is 0 Å². The molecule has 0 aromatic heterocycles. The predicted octanol–water partition coefficient (Wildman–Crippen LogP) is 6.86. The van der Waals surface area contributed by atoms with Gasteiger partial charge in [-0.3, -0.25) is 0 Å². The van der Waals surface area contributed by atoms with E-state index in [1.54, 1.807) is 24.3 Å². The molecular weight excluding hydrogens is 487 g/mol. The molecule has 0 atom stereocenters. The Kier molecular flexibility index (Phi) is 7.13. The first kappa shape index (κ1) is 27.7. The van der Waals surface area contributed by atoms with Crippen LogP contribution in [-0.4, -0.2) is 23.2 Å². The molecule has 0 spiro atoms. The molecule has 38 heavy (non-hydrogen) atoms. The number of hydrogen-bond donors (Lipinski definition) is 4. The van der Waals surface area contributed by atoms with Crippen LogP contribution in [0.15, 0.2) is 83.8 Å². The first-order valence-electron chi connectivity index (χ1n) is 12.7. The molecule has 4 rings (SSSR count). The topological polar surface area (TPSA) is 60.7 Å². The normalized spacial score (nSPS) is 12.5. The minimum absolute atomic E-state index is 0.0727. The van der Waals surface area contributed by atoms with Gasteiger partial charge in [-0.25, -0.2) is 0 Å². The van der Waals surface area contributed by atoms with Crippen molar-refractivity contribution in [3.05, 3.63) is 112 Å². The quantitative estimate of drug-likeness (QED) is 0.165. The van der Waals surface area contributed by atoms with Crippen LogP contribution in [-0.2, 0) is 16.2 Å². The van der Waals surface area contributed by atoms with Crippen molar-refractivity contribution in [2.45, 2.75) is 62.7 Å². The summed E-state index contributed by atoms with van der Waals surface area (Å²) in [5.74, 6) is 0.464. The number of phenols is 3. The highest BCUT2D eigenvalue weighted by Gasteiger charge is 2.32. The molecule has 0 aliphatic carbocycles. The lowest BCUT2D eigenvalue weighted by Crippen LogP contribution is -2.27. The maximum Gasteiger partial charge on any atom is 0.128 e. The molecule has 0 bridgehead atoms. The van der Waals surface area contributed by atoms with Crippen LogP contribution in [0.1, 0.15) is 74.9 Å². The standard InChI is InChI=1S/C33H35BO3S/c1-31(2,20-7-11-26(35)12-8-20)23-15-24(32(3,4)21-9-13-28(36)27(34)18-21)17-25(16-23)33(5,6)22-10-14-29(37)30(38)19-22/h7-19,35-38H,1-6H3. The van der Waals surface area contributed by atoms with Crippen molar-refractivity contribution < 1.29 is 15.3 Å². The van der Waals surface area contributed by atoms with Crippen molar-refractivity contribution in [1.82, 2.24) is 0 Å². The summed E-state index contributed by atoms with van der Waals surface area (Å²) < 4.78 is 0. The molecule has 194 valence electrons. The highest BCUT2D eigenvalue weighted by atomic mass is 32.1. The average molecular weight is 523 g/mol. The first-order chi connectivity index (χ1) is 17.6. The van der Waals surface area contributed by atoms with E-state index in [4.69, 9.17) is 7.85 Å². The number of hydrogen-bond acceptors (Lipinski definition) is 4. The highest BCUT2D eigenvalue weighted by Crippen LogP contribution is 2.42. The number of aromatic hydroxyl groups is 3. The summed E-state index contributed by atoms with van der Waals surface area (Å²) in [6, 6.07) is 25.1. The lowest BCUT2D eigenvalue weighted by Gasteiger charge is -2.35. The van der Waals surface area contributed by atoms with Gasteiger partial charge in [0, 0.05) is 21.1 Å². The maximum absolute atomic E-state index is 10.1. The molecular formula is C33H35BO3S. The molecule has 0 saturated carbocycles. The van der Waals surface area contributed by atoms with Gasteiger partial charge in [0.2, 0.25) is 0 Å². The summed E-state index contributed by atoms with van der Waals surface area (Å²) in [5.41, 5.74) is 5.66. The molecule has 2 radical (unpaired) electrons. The van der Waals surface area contributed by atoms with Crippen molar-refractivity contribution in [2.24, 2.45) is 0 Å². The molecule has 0 amide bonds. The van der Waals surface area contributed by atoms with Crippen LogP contribution in [0.2, 0.25) is 0 Å². The molecule has 5 heteroatoms. The lowest BCUT2D eigenvalue weighted by atomic mass is 9.69. The second-order valence-corrected chi connectivity index (χ2v) is 12.2. The Balaban J connectivity index is 1.96. The SMILES string of the molecule is [B]c1cc(C(C)(C)c2cc(C(C)(C)c3ccc(O)cc3)cc(C(C)(C)c3ccc(O)c(S)c3)c2)ccc1O. The van der Waals surface area contributed by atoms with E-state index in [0.29, 0.717) is 10.4 Å². The van der Waals surface area contributed by atoms with Gasteiger partial charge in [0.25, 0.3) is 0 Å². The zero-order chi connectivity index (χ0) is 28.0. The molecule has 0 aliphatic rings. The molecule has 0 aliphatic heterocycles. The Morgan fingerprint density at radius 1 is 0.500 bits per heavy atom. The molecule has 0 unspecified atom stereocenters. The van der Waals surface area contributed by atoms with Crippen molar-refractivity contribution >= 4 is 25.9 Å². The molecule has 4 aromatic carbocycles. The Hall–Kier alpha value is -3.31. The molecule has 4 aromatic rings. The van der Waals surface area contributed by atoms with Crippen LogP contribution >= 0.6 is 12.6 Å². The van der Waals surface area contributed by atoms with Crippen LogP contribution in [0.5, 0.6) is 17.2 Å². The molecule has 3 N–H and O–H groups in total. The van der Waals surface area contributed by atoms with Gasteiger partial charge < -0.3 is 15.3 Å². The first-order valence-corrected chi connectivity index (χ1v) is 13.2. The van der Waals surface area contributed by atoms with Crippen LogP contribution in [0, 0.1) is 0 Å². The van der Waals surface area contributed by atoms with Crippen molar-refractivity contribution in [3.63, 3.8) is 0 Å². The van der Waals surface area contributed by atoms with Gasteiger partial charge in [-0.05, 0) is 63.7 Å². The predicted molar refractivity (Wildman–Crippen MR) is 160 cm³/mol. The maximum atomic E-state index is 10.1. The van der Waals surface area contributed by atoms with Gasteiger partial charge in [0.05, 0.1) is 0 Å². The second-order valence-electron chi connectivity index (χ2n) is 11.7. The Morgan fingerprint density at radius 3 is 1.34 bits per heavy atom. The molecule has 3 nitrogen and oxygen atoms in total. The number of benzene rings is 4. The van der Waals surface area contributed by atoms with E-state index in [1.165, 1.54) is 0 Å². The molecule has 0 heterocycles. The van der Waals surface area contributed by atoms with Crippen LogP contribution < -0.4 is 5.46 Å². The van der Waals surface area contributed by atoms with E-state index < -0.39 is 10.8 Å². The Morgan fingerprint density at radius 2 is 0.895 bits per heavy atom. The van der Waals surface area contributed by atoms with Crippen molar-refractivity contribution in [2.75, 3.05) is 0 Å². The smallest absolute Gasteiger partial charge is 0.128 e. The minimum atomic E-state index is -0.419. The third kappa shape index (κ3) is 5.04. The fourth-order valence-electron chi connectivity index (χ4n) is 4.94. The Labute approximate surface area is 233 Å². The minimum Gasteiger partial charge on any atom is -0.509 e. The van der Waals surface area contributed by atoms with E-state index >= 15 is 0 Å². The molecule has 0 saturated heterocycles. The van der Waals surface area contributed by atoms with E-state index in [2.05, 4.69) is 72.4 Å². The summed E-state index contributed by atoms with van der Waals surface area (Å²) in [6.07, 6.45) is 0. The summed E-state index contributed by atoms with van der Waals surface area (Å²) in [7, 11) is 6.09. The van der Waals surface area contributed by atoms with E-state index in [9.17, 15) is 15.3 Å². The lowest BCUT2D eigenvalue weighted by molar-refractivity contribution is 0.461. The fraction of sp³-hybridized carbons (Fsp3) is 0.273. The van der Waals surface area contributed by atoms with E-state index in [1.807, 2.05) is 36.4 Å². The summed E-state index contributed by atoms with van der Waals surface area (Å²) in [6.45, 7) is 13.0. The van der Waals surface area contributed by atoms with Crippen LogP contribution in [0.4, 0.5) is 0 Å². The zero-order valence-electron chi connectivity index (χ0n) is 22.9. The monoisotopic (exact) mass is 522 g/mol. The third-order valence-corrected chi connectivity index (χ3v) is 8.49. The Bertz CT molecular complexity index is 1410. The van der Waals surface area contributed by atoms with Gasteiger partial charge in [-0.1, -0.05) is 95.5 Å². The summed E-state index contributed by atoms with van der Waals surface area (Å²) >= 11 is 4.46. The number of phenolic OH excluding ortho intramolecular Hbond substituents is 3. The van der Waals surface area contributed by atoms with Gasteiger partial charge in [0.15, 0.2) is 0 Å². The number of rotatable bonds is 6. The third-order valence-electron chi connectivity index (χ3n) is 8.13.